The molecule has 1 aromatic rings. The Balaban J connectivity index is 0. The Morgan fingerprint density at radius 2 is 1.27 bits per heavy atom. The average Bonchev–Trinajstić information content (AvgIpc) is 2.23. The number of aryl methyl sites for hydroxylation is 1. The topological polar surface area (TPSA) is 34.1 Å². The van der Waals surface area contributed by atoms with Crippen molar-refractivity contribution < 1.29 is 22.8 Å². The van der Waals surface area contributed by atoms with E-state index in [2.05, 4.69) is 0 Å². The van der Waals surface area contributed by atoms with Gasteiger partial charge < -0.3 is 9.59 Å². The Kier molecular flexibility index (Phi) is 8.14. The molecule has 0 heterocycles. The van der Waals surface area contributed by atoms with Crippen LogP contribution in [0.25, 0.3) is 0 Å². The molecule has 1 rings (SSSR count). The Morgan fingerprint density at radius 3 is 1.53 bits per heavy atom. The average molecular weight is 220 g/mol. The Labute approximate surface area is 85.7 Å². The molecule has 15 heavy (non-hydrogen) atoms. The van der Waals surface area contributed by atoms with Crippen molar-refractivity contribution in [2.75, 3.05) is 0 Å². The van der Waals surface area contributed by atoms with Gasteiger partial charge in [-0.15, -0.1) is 0 Å². The third-order valence-electron chi connectivity index (χ3n) is 1.38. The highest BCUT2D eigenvalue weighted by molar-refractivity contribution is 5.23. The second kappa shape index (κ2) is 7.73. The van der Waals surface area contributed by atoms with Crippen molar-refractivity contribution in [3.05, 3.63) is 35.4 Å². The van der Waals surface area contributed by atoms with Gasteiger partial charge in [0.15, 0.2) is 0 Å². The van der Waals surface area contributed by atoms with Crippen molar-refractivity contribution >= 4 is 13.6 Å². The number of hydrogen-bond acceptors (Lipinski definition) is 2. The molecule has 0 aliphatic heterocycles. The summed E-state index contributed by atoms with van der Waals surface area (Å²) in [6, 6.07) is 5.05. The second-order valence-corrected chi connectivity index (χ2v) is 2.36. The summed E-state index contributed by atoms with van der Waals surface area (Å²) < 4.78 is 35.8. The first-order valence-electron chi connectivity index (χ1n) is 3.72. The van der Waals surface area contributed by atoms with E-state index in [-0.39, 0.29) is 0 Å². The molecule has 2 nitrogen and oxygen atoms in total. The van der Waals surface area contributed by atoms with E-state index >= 15 is 0 Å². The predicted molar refractivity (Wildman–Crippen MR) is 50.4 cm³/mol. The third-order valence-corrected chi connectivity index (χ3v) is 1.38. The molecular weight excluding hydrogens is 209 g/mol. The summed E-state index contributed by atoms with van der Waals surface area (Å²) in [5, 5.41) is 0. The van der Waals surface area contributed by atoms with Crippen LogP contribution in [0.15, 0.2) is 24.3 Å². The molecule has 0 saturated carbocycles. The van der Waals surface area contributed by atoms with Crippen molar-refractivity contribution in [3.8, 4) is 0 Å². The van der Waals surface area contributed by atoms with Gasteiger partial charge in [0.05, 0.1) is 5.56 Å². The van der Waals surface area contributed by atoms with Crippen LogP contribution in [-0.4, -0.2) is 13.6 Å². The van der Waals surface area contributed by atoms with Crippen molar-refractivity contribution in [1.82, 2.24) is 0 Å². The smallest absolute Gasteiger partial charge is 0.307 e. The fourth-order valence-electron chi connectivity index (χ4n) is 0.743. The van der Waals surface area contributed by atoms with E-state index in [0.717, 1.165) is 17.7 Å². The van der Waals surface area contributed by atoms with Gasteiger partial charge in [-0.25, -0.2) is 0 Å². The number of hydrogen-bond donors (Lipinski definition) is 0. The van der Waals surface area contributed by atoms with Crippen LogP contribution in [0.1, 0.15) is 11.1 Å². The highest BCUT2D eigenvalue weighted by atomic mass is 19.4. The summed E-state index contributed by atoms with van der Waals surface area (Å²) in [5.41, 5.74) is 0.237. The number of alkyl halides is 3. The lowest BCUT2D eigenvalue weighted by Crippen LogP contribution is -2.03. The molecule has 0 aliphatic carbocycles. The van der Waals surface area contributed by atoms with Crippen molar-refractivity contribution in [2.24, 2.45) is 0 Å². The van der Waals surface area contributed by atoms with Gasteiger partial charge in [0.2, 0.25) is 0 Å². The molecular formula is C10H11F3O2. The zero-order chi connectivity index (χ0) is 12.5. The molecule has 0 saturated heterocycles. The van der Waals surface area contributed by atoms with Crippen LogP contribution in [-0.2, 0) is 15.8 Å². The molecule has 84 valence electrons. The minimum absolute atomic E-state index is 0.594. The summed E-state index contributed by atoms with van der Waals surface area (Å²) >= 11 is 0. The van der Waals surface area contributed by atoms with E-state index < -0.39 is 11.7 Å². The molecule has 0 fully saturated rings. The minimum Gasteiger partial charge on any atom is -0.307 e. The summed E-state index contributed by atoms with van der Waals surface area (Å²) in [4.78, 5) is 16.0. The standard InChI is InChI=1S/C8H7F3.2CH2O/c1-6-2-4-7(5-3-6)8(9,10)11;2*1-2/h2-5H,1H3;2*1H2. The highest BCUT2D eigenvalue weighted by Gasteiger charge is 2.29. The van der Waals surface area contributed by atoms with E-state index in [9.17, 15) is 13.2 Å². The minimum atomic E-state index is -4.21. The molecule has 0 bridgehead atoms. The molecule has 0 N–H and O–H groups in total. The number of benzene rings is 1. The van der Waals surface area contributed by atoms with Crippen LogP contribution < -0.4 is 0 Å². The van der Waals surface area contributed by atoms with Crippen LogP contribution in [0.2, 0.25) is 0 Å². The summed E-state index contributed by atoms with van der Waals surface area (Å²) in [6.07, 6.45) is -4.21. The Hall–Kier alpha value is -1.65. The van der Waals surface area contributed by atoms with Gasteiger partial charge in [0.25, 0.3) is 0 Å². The first kappa shape index (κ1) is 15.8. The summed E-state index contributed by atoms with van der Waals surface area (Å²) in [5.74, 6) is 0. The van der Waals surface area contributed by atoms with Crippen LogP contribution in [0.5, 0.6) is 0 Å². The first-order valence-corrected chi connectivity index (χ1v) is 3.72. The first-order chi connectivity index (χ1) is 7.00. The maximum Gasteiger partial charge on any atom is 0.416 e. The third kappa shape index (κ3) is 6.42. The zero-order valence-electron chi connectivity index (χ0n) is 8.17. The van der Waals surface area contributed by atoms with Crippen LogP contribution in [0.4, 0.5) is 13.2 Å². The van der Waals surface area contributed by atoms with E-state index in [1.807, 2.05) is 13.6 Å². The largest absolute Gasteiger partial charge is 0.416 e. The molecule has 0 amide bonds. The van der Waals surface area contributed by atoms with Gasteiger partial charge in [0, 0.05) is 0 Å². The monoisotopic (exact) mass is 220 g/mol. The molecule has 0 spiro atoms. The molecule has 0 aliphatic rings. The fourth-order valence-corrected chi connectivity index (χ4v) is 0.743. The van der Waals surface area contributed by atoms with Gasteiger partial charge in [-0.1, -0.05) is 17.7 Å². The number of carbonyl (C=O) groups is 2. The lowest BCUT2D eigenvalue weighted by molar-refractivity contribution is -0.137. The fraction of sp³-hybridized carbons (Fsp3) is 0.200. The van der Waals surface area contributed by atoms with Crippen molar-refractivity contribution in [2.45, 2.75) is 13.1 Å². The van der Waals surface area contributed by atoms with Gasteiger partial charge in [-0.3, -0.25) is 0 Å². The molecule has 1 aromatic carbocycles. The quantitative estimate of drug-likeness (QED) is 0.673. The lowest BCUT2D eigenvalue weighted by Gasteiger charge is -2.05. The van der Waals surface area contributed by atoms with Gasteiger partial charge in [0.1, 0.15) is 13.6 Å². The molecule has 0 radical (unpaired) electrons. The van der Waals surface area contributed by atoms with Crippen molar-refractivity contribution in [3.63, 3.8) is 0 Å². The number of carbonyl (C=O) groups excluding carboxylic acids is 2. The molecule has 0 aromatic heterocycles. The number of rotatable bonds is 0. The maximum absolute atomic E-state index is 11.9. The maximum atomic E-state index is 11.9. The molecule has 0 unspecified atom stereocenters. The van der Waals surface area contributed by atoms with Crippen LogP contribution in [0, 0.1) is 6.92 Å². The normalized spacial score (nSPS) is 9.07. The Bertz CT molecular complexity index is 265. The SMILES string of the molecule is C=O.C=O.Cc1ccc(C(F)(F)F)cc1. The number of halogens is 3. The van der Waals surface area contributed by atoms with E-state index in [1.165, 1.54) is 12.1 Å². The van der Waals surface area contributed by atoms with Gasteiger partial charge in [-0.2, -0.15) is 13.2 Å². The van der Waals surface area contributed by atoms with Crippen molar-refractivity contribution in [1.29, 1.82) is 0 Å². The van der Waals surface area contributed by atoms with E-state index in [0.29, 0.717) is 0 Å². The summed E-state index contributed by atoms with van der Waals surface area (Å²) in [7, 11) is 0. The highest BCUT2D eigenvalue weighted by Crippen LogP contribution is 2.28. The Morgan fingerprint density at radius 1 is 0.933 bits per heavy atom. The van der Waals surface area contributed by atoms with Crippen LogP contribution >= 0.6 is 0 Å². The second-order valence-electron chi connectivity index (χ2n) is 2.36. The van der Waals surface area contributed by atoms with E-state index in [1.54, 1.807) is 6.92 Å². The molecule has 0 atom stereocenters. The van der Waals surface area contributed by atoms with Gasteiger partial charge >= 0.3 is 6.18 Å². The summed E-state index contributed by atoms with van der Waals surface area (Å²) in [6.45, 7) is 5.75. The zero-order valence-corrected chi connectivity index (χ0v) is 8.17. The predicted octanol–water partition coefficient (Wildman–Crippen LogP) is 2.64. The lowest BCUT2D eigenvalue weighted by atomic mass is 10.1. The van der Waals surface area contributed by atoms with Gasteiger partial charge in [-0.05, 0) is 19.1 Å². The van der Waals surface area contributed by atoms with E-state index in [4.69, 9.17) is 9.59 Å². The van der Waals surface area contributed by atoms with Crippen LogP contribution in [0.3, 0.4) is 0 Å². The molecule has 5 heteroatoms.